The second-order valence-corrected chi connectivity index (χ2v) is 9.99. The number of aryl methyl sites for hydroxylation is 1. The maximum Gasteiger partial charge on any atom is 0.268 e. The molecule has 1 amide bonds. The van der Waals surface area contributed by atoms with Crippen LogP contribution in [0.4, 0.5) is 0 Å². The summed E-state index contributed by atoms with van der Waals surface area (Å²) >= 11 is 0. The fraction of sp³-hybridized carbons (Fsp3) is 0.522. The quantitative estimate of drug-likeness (QED) is 0.643. The first-order valence-electron chi connectivity index (χ1n) is 11.1. The van der Waals surface area contributed by atoms with Gasteiger partial charge in [-0.1, -0.05) is 44.5 Å². The van der Waals surface area contributed by atoms with Crippen molar-refractivity contribution in [1.82, 2.24) is 19.1 Å². The molecule has 0 spiro atoms. The predicted molar refractivity (Wildman–Crippen MR) is 122 cm³/mol. The molecule has 0 saturated carbocycles. The van der Waals surface area contributed by atoms with E-state index in [-0.39, 0.29) is 10.8 Å². The summed E-state index contributed by atoms with van der Waals surface area (Å²) in [6, 6.07) is 9.64. The lowest BCUT2D eigenvalue weighted by molar-refractivity contribution is 0.0942. The molecule has 31 heavy (non-hydrogen) atoms. The number of hydrogen-bond donors (Lipinski definition) is 1. The van der Waals surface area contributed by atoms with Gasteiger partial charge in [0.1, 0.15) is 10.6 Å². The van der Waals surface area contributed by atoms with E-state index in [1.807, 2.05) is 18.2 Å². The lowest BCUT2D eigenvalue weighted by atomic mass is 10.0. The van der Waals surface area contributed by atoms with Gasteiger partial charge in [0.25, 0.3) is 5.91 Å². The molecule has 7 nitrogen and oxygen atoms in total. The van der Waals surface area contributed by atoms with Crippen molar-refractivity contribution in [3.05, 3.63) is 53.3 Å². The zero-order chi connectivity index (χ0) is 22.4. The molecule has 1 aromatic heterocycles. The van der Waals surface area contributed by atoms with Gasteiger partial charge in [-0.3, -0.25) is 9.69 Å². The van der Waals surface area contributed by atoms with Gasteiger partial charge in [-0.25, -0.2) is 8.42 Å². The van der Waals surface area contributed by atoms with Gasteiger partial charge in [0.15, 0.2) is 0 Å². The van der Waals surface area contributed by atoms with E-state index in [1.54, 1.807) is 25.5 Å². The minimum absolute atomic E-state index is 0.148. The molecule has 8 heteroatoms. The third kappa shape index (κ3) is 5.56. The maximum atomic E-state index is 12.8. The van der Waals surface area contributed by atoms with Crippen LogP contribution in [0.5, 0.6) is 0 Å². The van der Waals surface area contributed by atoms with Gasteiger partial charge >= 0.3 is 0 Å². The Bertz CT molecular complexity index is 990. The van der Waals surface area contributed by atoms with Gasteiger partial charge in [0.05, 0.1) is 0 Å². The Hall–Kier alpha value is -2.16. The number of nitrogens with zero attached hydrogens (tertiary/aromatic N) is 3. The number of carbonyl (C=O) groups is 1. The van der Waals surface area contributed by atoms with E-state index in [0.29, 0.717) is 25.3 Å². The number of amides is 1. The summed E-state index contributed by atoms with van der Waals surface area (Å²) in [5, 5.41) is 2.97. The average Bonchev–Trinajstić information content (AvgIpc) is 3.17. The highest BCUT2D eigenvalue weighted by Gasteiger charge is 2.25. The van der Waals surface area contributed by atoms with Gasteiger partial charge < -0.3 is 9.88 Å². The van der Waals surface area contributed by atoms with Crippen LogP contribution in [0.25, 0.3) is 0 Å². The highest BCUT2D eigenvalue weighted by atomic mass is 32.2. The Morgan fingerprint density at radius 3 is 2.35 bits per heavy atom. The smallest absolute Gasteiger partial charge is 0.268 e. The minimum atomic E-state index is -3.60. The van der Waals surface area contributed by atoms with Gasteiger partial charge in [-0.15, -0.1) is 0 Å². The van der Waals surface area contributed by atoms with E-state index in [0.717, 1.165) is 25.2 Å². The molecule has 1 fully saturated rings. The van der Waals surface area contributed by atoms with Crippen molar-refractivity contribution >= 4 is 15.9 Å². The van der Waals surface area contributed by atoms with Crippen molar-refractivity contribution in [2.45, 2.75) is 51.1 Å². The normalized spacial score (nSPS) is 15.4. The molecule has 2 aromatic rings. The van der Waals surface area contributed by atoms with Crippen molar-refractivity contribution < 1.29 is 13.2 Å². The summed E-state index contributed by atoms with van der Waals surface area (Å²) < 4.78 is 28.5. The van der Waals surface area contributed by atoms with Crippen LogP contribution < -0.4 is 5.32 Å². The SMILES string of the molecule is CCN(CC)S(=O)(=O)c1cc(C(=O)NCc2ccccc2CN2CCCCC2)n(C)c1. The summed E-state index contributed by atoms with van der Waals surface area (Å²) in [5.74, 6) is -0.281. The Morgan fingerprint density at radius 1 is 1.06 bits per heavy atom. The van der Waals surface area contributed by atoms with Gasteiger partial charge in [0.2, 0.25) is 10.0 Å². The second kappa shape index (κ2) is 10.4. The highest BCUT2D eigenvalue weighted by Crippen LogP contribution is 2.19. The van der Waals surface area contributed by atoms with Crippen molar-refractivity contribution in [3.8, 4) is 0 Å². The van der Waals surface area contributed by atoms with Crippen LogP contribution in [0, 0.1) is 0 Å². The zero-order valence-electron chi connectivity index (χ0n) is 18.8. The largest absolute Gasteiger partial charge is 0.347 e. The summed E-state index contributed by atoms with van der Waals surface area (Å²) in [5.41, 5.74) is 2.65. The number of rotatable bonds is 9. The molecule has 0 radical (unpaired) electrons. The maximum absolute atomic E-state index is 12.8. The van der Waals surface area contributed by atoms with Crippen molar-refractivity contribution in [3.63, 3.8) is 0 Å². The van der Waals surface area contributed by atoms with Crippen molar-refractivity contribution in [2.75, 3.05) is 26.2 Å². The monoisotopic (exact) mass is 446 g/mol. The molecular formula is C23H34N4O3S. The lowest BCUT2D eigenvalue weighted by Crippen LogP contribution is -2.30. The average molecular weight is 447 g/mol. The fourth-order valence-corrected chi connectivity index (χ4v) is 5.65. The van der Waals surface area contributed by atoms with Crippen molar-refractivity contribution in [1.29, 1.82) is 0 Å². The highest BCUT2D eigenvalue weighted by molar-refractivity contribution is 7.89. The van der Waals surface area contributed by atoms with E-state index in [2.05, 4.69) is 16.3 Å². The molecule has 1 aliphatic rings. The first-order chi connectivity index (χ1) is 14.9. The number of piperidine rings is 1. The predicted octanol–water partition coefficient (Wildman–Crippen LogP) is 2.97. The zero-order valence-corrected chi connectivity index (χ0v) is 19.6. The number of nitrogens with one attached hydrogen (secondary N) is 1. The summed E-state index contributed by atoms with van der Waals surface area (Å²) in [6.07, 6.45) is 5.29. The molecule has 1 aromatic carbocycles. The number of carbonyl (C=O) groups excluding carboxylic acids is 1. The summed E-state index contributed by atoms with van der Waals surface area (Å²) in [7, 11) is -1.90. The Labute approximate surface area is 186 Å². The van der Waals surface area contributed by atoms with Gasteiger partial charge in [-0.05, 0) is 43.1 Å². The topological polar surface area (TPSA) is 74.7 Å². The van der Waals surface area contributed by atoms with E-state index in [4.69, 9.17) is 0 Å². The Balaban J connectivity index is 1.70. The molecule has 1 saturated heterocycles. The van der Waals surface area contributed by atoms with Gasteiger partial charge in [-0.2, -0.15) is 4.31 Å². The Morgan fingerprint density at radius 2 is 1.71 bits per heavy atom. The number of likely N-dealkylation sites (tertiary alicyclic amines) is 1. The number of benzene rings is 1. The first-order valence-corrected chi connectivity index (χ1v) is 12.5. The van der Waals surface area contributed by atoms with Crippen LogP contribution in [0.2, 0.25) is 0 Å². The van der Waals surface area contributed by atoms with E-state index in [1.165, 1.54) is 41.4 Å². The Kier molecular flexibility index (Phi) is 7.91. The van der Waals surface area contributed by atoms with Crippen molar-refractivity contribution in [2.24, 2.45) is 7.05 Å². The van der Waals surface area contributed by atoms with Gasteiger partial charge in [0, 0.05) is 39.4 Å². The van der Waals surface area contributed by atoms with E-state index < -0.39 is 10.0 Å². The van der Waals surface area contributed by atoms with E-state index in [9.17, 15) is 13.2 Å². The summed E-state index contributed by atoms with van der Waals surface area (Å²) in [6.45, 7) is 7.93. The molecule has 170 valence electrons. The number of hydrogen-bond acceptors (Lipinski definition) is 4. The molecule has 1 aliphatic heterocycles. The standard InChI is InChI=1S/C23H34N4O3S/c1-4-27(5-2)31(29,30)21-15-22(25(3)18-21)23(28)24-16-19-11-7-8-12-20(19)17-26-13-9-6-10-14-26/h7-8,11-12,15,18H,4-6,9-10,13-14,16-17H2,1-3H3,(H,24,28). The number of sulfonamides is 1. The molecule has 0 bridgehead atoms. The molecule has 2 heterocycles. The molecular weight excluding hydrogens is 412 g/mol. The van der Waals surface area contributed by atoms with Crippen LogP contribution in [-0.2, 0) is 30.2 Å². The fourth-order valence-electron chi connectivity index (χ4n) is 4.12. The van der Waals surface area contributed by atoms with Crippen LogP contribution in [0.1, 0.15) is 54.7 Å². The third-order valence-corrected chi connectivity index (χ3v) is 7.97. The number of aromatic nitrogens is 1. The van der Waals surface area contributed by atoms with Crippen LogP contribution in [0.3, 0.4) is 0 Å². The molecule has 0 unspecified atom stereocenters. The first kappa shape index (κ1) is 23.5. The molecule has 1 N–H and O–H groups in total. The molecule has 3 rings (SSSR count). The second-order valence-electron chi connectivity index (χ2n) is 8.05. The summed E-state index contributed by atoms with van der Waals surface area (Å²) in [4.78, 5) is 15.5. The van der Waals surface area contributed by atoms with Crippen LogP contribution in [0.15, 0.2) is 41.4 Å². The lowest BCUT2D eigenvalue weighted by Gasteiger charge is -2.27. The van der Waals surface area contributed by atoms with Crippen LogP contribution >= 0.6 is 0 Å². The third-order valence-electron chi connectivity index (χ3n) is 5.96. The molecule has 0 atom stereocenters. The minimum Gasteiger partial charge on any atom is -0.347 e. The van der Waals surface area contributed by atoms with E-state index >= 15 is 0 Å². The molecule has 0 aliphatic carbocycles. The van der Waals surface area contributed by atoms with Crippen LogP contribution in [-0.4, -0.2) is 54.3 Å².